The molecule has 1 saturated heterocycles. The molecule has 0 aliphatic carbocycles. The number of halogens is 1. The van der Waals surface area contributed by atoms with Crippen LogP contribution in [0.25, 0.3) is 10.2 Å². The molecule has 0 N–H and O–H groups in total. The van der Waals surface area contributed by atoms with E-state index in [1.807, 2.05) is 23.6 Å². The topological polar surface area (TPSA) is 71.7 Å². The number of carbonyl (C=O) groups is 1. The predicted molar refractivity (Wildman–Crippen MR) is 124 cm³/mol. The summed E-state index contributed by atoms with van der Waals surface area (Å²) in [6.07, 6.45) is 2.80. The number of fused-ring (bicyclic) bond motifs is 1. The molecule has 2 heterocycles. The molecular formula is C22H22ClN3O3S2. The molecule has 6 nitrogen and oxygen atoms in total. The number of benzene rings is 2. The van der Waals surface area contributed by atoms with Gasteiger partial charge in [-0.1, -0.05) is 46.7 Å². The van der Waals surface area contributed by atoms with E-state index in [0.717, 1.165) is 15.8 Å². The van der Waals surface area contributed by atoms with Crippen molar-refractivity contribution in [2.45, 2.75) is 37.2 Å². The highest BCUT2D eigenvalue weighted by Crippen LogP contribution is 2.27. The summed E-state index contributed by atoms with van der Waals surface area (Å²) in [5.41, 5.74) is 1.87. The van der Waals surface area contributed by atoms with Crippen LogP contribution in [0.3, 0.4) is 0 Å². The molecule has 1 unspecified atom stereocenters. The van der Waals surface area contributed by atoms with Gasteiger partial charge in [-0.25, -0.2) is 8.42 Å². The van der Waals surface area contributed by atoms with Crippen LogP contribution >= 0.6 is 22.9 Å². The maximum absolute atomic E-state index is 13.2. The van der Waals surface area contributed by atoms with E-state index >= 15 is 0 Å². The van der Waals surface area contributed by atoms with Crippen LogP contribution in [0.4, 0.5) is 0 Å². The number of rotatable bonds is 5. The Kier molecular flexibility index (Phi) is 6.16. The minimum Gasteiger partial charge on any atom is -0.313 e. The minimum absolute atomic E-state index is 0.191. The number of aromatic nitrogens is 1. The fourth-order valence-corrected chi connectivity index (χ4v) is 6.70. The zero-order valence-corrected chi connectivity index (χ0v) is 19.4. The molecule has 1 aliphatic rings. The highest BCUT2D eigenvalue weighted by molar-refractivity contribution is 7.89. The second-order valence-electron chi connectivity index (χ2n) is 7.43. The summed E-state index contributed by atoms with van der Waals surface area (Å²) in [6.45, 7) is 6.46. The average Bonchev–Trinajstić information content (AvgIpc) is 3.34. The number of amides is 1. The quantitative estimate of drug-likeness (QED) is 0.521. The second kappa shape index (κ2) is 8.70. The number of nitrogens with zero attached hydrogens (tertiary/aromatic N) is 3. The molecule has 1 aromatic heterocycles. The fourth-order valence-electron chi connectivity index (χ4n) is 3.73. The summed E-state index contributed by atoms with van der Waals surface area (Å²) in [7, 11) is -3.78. The molecule has 0 radical (unpaired) electrons. The molecule has 4 rings (SSSR count). The van der Waals surface area contributed by atoms with E-state index in [2.05, 4.69) is 11.6 Å². The summed E-state index contributed by atoms with van der Waals surface area (Å²) in [5, 5.41) is 0.600. The summed E-state index contributed by atoms with van der Waals surface area (Å²) in [5.74, 6) is -0.455. The maximum atomic E-state index is 13.2. The smallest absolute Gasteiger partial charge is 0.266 e. The van der Waals surface area contributed by atoms with E-state index in [0.29, 0.717) is 35.8 Å². The van der Waals surface area contributed by atoms with Crippen molar-refractivity contribution in [2.24, 2.45) is 4.99 Å². The van der Waals surface area contributed by atoms with Gasteiger partial charge in [0.15, 0.2) is 4.80 Å². The third-order valence-corrected chi connectivity index (χ3v) is 8.48. The standard InChI is InChI=1S/C22H22ClN3O3S2/c1-3-12-25-18-11-8-16(23)14-20(18)30-22(25)24-21(27)19-5-4-13-26(19)31(28,29)17-9-6-15(2)7-10-17/h3,6-11,14,19H,1,4-5,12-13H2,2H3. The van der Waals surface area contributed by atoms with Gasteiger partial charge < -0.3 is 4.57 Å². The SMILES string of the molecule is C=CCn1c(=NC(=O)C2CCCN2S(=O)(=O)c2ccc(C)cc2)sc2cc(Cl)ccc21. The first-order valence-electron chi connectivity index (χ1n) is 9.88. The Morgan fingerprint density at radius 2 is 2.03 bits per heavy atom. The minimum atomic E-state index is -3.78. The van der Waals surface area contributed by atoms with Crippen LogP contribution in [0.2, 0.25) is 5.02 Å². The monoisotopic (exact) mass is 475 g/mol. The van der Waals surface area contributed by atoms with E-state index in [1.165, 1.54) is 15.6 Å². The molecule has 2 aromatic carbocycles. The number of allylic oxidation sites excluding steroid dienone is 1. The normalized spacial score (nSPS) is 18.0. The third kappa shape index (κ3) is 4.25. The molecule has 1 atom stereocenters. The van der Waals surface area contributed by atoms with Gasteiger partial charge in [-0.05, 0) is 50.1 Å². The Morgan fingerprint density at radius 1 is 1.29 bits per heavy atom. The van der Waals surface area contributed by atoms with E-state index in [9.17, 15) is 13.2 Å². The average molecular weight is 476 g/mol. The molecule has 0 bridgehead atoms. The Bertz CT molecular complexity index is 1320. The van der Waals surface area contributed by atoms with Crippen LogP contribution in [-0.2, 0) is 21.4 Å². The van der Waals surface area contributed by atoms with Gasteiger partial charge in [0.2, 0.25) is 10.0 Å². The molecule has 162 valence electrons. The molecule has 0 spiro atoms. The van der Waals surface area contributed by atoms with E-state index < -0.39 is 22.0 Å². The van der Waals surface area contributed by atoms with E-state index in [-0.39, 0.29) is 4.90 Å². The predicted octanol–water partition coefficient (Wildman–Crippen LogP) is 4.13. The lowest BCUT2D eigenvalue weighted by Crippen LogP contribution is -2.40. The Balaban J connectivity index is 1.72. The zero-order valence-electron chi connectivity index (χ0n) is 17.0. The van der Waals surface area contributed by atoms with E-state index in [4.69, 9.17) is 11.6 Å². The maximum Gasteiger partial charge on any atom is 0.266 e. The van der Waals surface area contributed by atoms with Gasteiger partial charge in [0.1, 0.15) is 6.04 Å². The number of thiazole rings is 1. The first-order valence-corrected chi connectivity index (χ1v) is 12.5. The van der Waals surface area contributed by atoms with Crippen molar-refractivity contribution in [2.75, 3.05) is 6.54 Å². The van der Waals surface area contributed by atoms with Gasteiger partial charge in [0.05, 0.1) is 15.1 Å². The van der Waals surface area contributed by atoms with Gasteiger partial charge >= 0.3 is 0 Å². The van der Waals surface area contributed by atoms with Crippen LogP contribution in [0.5, 0.6) is 0 Å². The van der Waals surface area contributed by atoms with Crippen molar-refractivity contribution in [3.63, 3.8) is 0 Å². The summed E-state index contributed by atoms with van der Waals surface area (Å²) in [4.78, 5) is 18.2. The van der Waals surface area contributed by atoms with Crippen LogP contribution in [-0.4, -0.2) is 35.8 Å². The summed E-state index contributed by atoms with van der Waals surface area (Å²) < 4.78 is 30.4. The molecular weight excluding hydrogens is 454 g/mol. The second-order valence-corrected chi connectivity index (χ2v) is 10.8. The highest BCUT2D eigenvalue weighted by atomic mass is 35.5. The summed E-state index contributed by atoms with van der Waals surface area (Å²) in [6, 6.07) is 11.4. The van der Waals surface area contributed by atoms with Gasteiger partial charge in [0.25, 0.3) is 5.91 Å². The summed E-state index contributed by atoms with van der Waals surface area (Å²) >= 11 is 7.46. The third-order valence-electron chi connectivity index (χ3n) is 5.28. The zero-order chi connectivity index (χ0) is 22.2. The Labute approximate surface area is 190 Å². The van der Waals surface area contributed by atoms with Crippen molar-refractivity contribution in [3.05, 3.63) is 70.5 Å². The van der Waals surface area contributed by atoms with Crippen molar-refractivity contribution >= 4 is 49.1 Å². The van der Waals surface area contributed by atoms with Crippen molar-refractivity contribution in [3.8, 4) is 0 Å². The number of sulfonamides is 1. The van der Waals surface area contributed by atoms with Crippen molar-refractivity contribution in [1.29, 1.82) is 0 Å². The highest BCUT2D eigenvalue weighted by Gasteiger charge is 2.39. The Hall–Kier alpha value is -2.26. The lowest BCUT2D eigenvalue weighted by Gasteiger charge is -2.21. The van der Waals surface area contributed by atoms with Crippen LogP contribution < -0.4 is 4.80 Å². The molecule has 1 aliphatic heterocycles. The number of aryl methyl sites for hydroxylation is 1. The lowest BCUT2D eigenvalue weighted by atomic mass is 10.2. The first-order chi connectivity index (χ1) is 14.8. The number of hydrogen-bond donors (Lipinski definition) is 0. The van der Waals surface area contributed by atoms with E-state index in [1.54, 1.807) is 36.4 Å². The lowest BCUT2D eigenvalue weighted by molar-refractivity contribution is -0.121. The van der Waals surface area contributed by atoms with Gasteiger partial charge in [-0.15, -0.1) is 6.58 Å². The molecule has 0 saturated carbocycles. The molecule has 1 fully saturated rings. The van der Waals surface area contributed by atoms with Crippen LogP contribution in [0.15, 0.2) is 65.0 Å². The Morgan fingerprint density at radius 3 is 2.74 bits per heavy atom. The molecule has 9 heteroatoms. The van der Waals surface area contributed by atoms with Crippen molar-refractivity contribution < 1.29 is 13.2 Å². The molecule has 1 amide bonds. The van der Waals surface area contributed by atoms with Gasteiger partial charge in [0, 0.05) is 18.1 Å². The van der Waals surface area contributed by atoms with Crippen molar-refractivity contribution in [1.82, 2.24) is 8.87 Å². The van der Waals surface area contributed by atoms with Gasteiger partial charge in [-0.2, -0.15) is 9.30 Å². The fraction of sp³-hybridized carbons (Fsp3) is 0.273. The molecule has 31 heavy (non-hydrogen) atoms. The first kappa shape index (κ1) is 22.0. The largest absolute Gasteiger partial charge is 0.313 e. The van der Waals surface area contributed by atoms with Crippen LogP contribution in [0.1, 0.15) is 18.4 Å². The van der Waals surface area contributed by atoms with Crippen LogP contribution in [0, 0.1) is 6.92 Å². The molecule has 3 aromatic rings. The number of hydrogen-bond acceptors (Lipinski definition) is 4. The van der Waals surface area contributed by atoms with Gasteiger partial charge in [-0.3, -0.25) is 4.79 Å². The number of carbonyl (C=O) groups excluding carboxylic acids is 1.